The molecule has 3 nitrogen and oxygen atoms in total. The molecule has 0 radical (unpaired) electrons. The molecule has 1 fully saturated rings. The van der Waals surface area contributed by atoms with E-state index in [9.17, 15) is 0 Å². The molecular formula is C19H21N3. The lowest BCUT2D eigenvalue weighted by Gasteiger charge is -2.25. The topological polar surface area (TPSA) is 39.8 Å². The van der Waals surface area contributed by atoms with Gasteiger partial charge in [-0.3, -0.25) is 0 Å². The summed E-state index contributed by atoms with van der Waals surface area (Å²) in [5.41, 5.74) is 4.83. The van der Waals surface area contributed by atoms with E-state index in [2.05, 4.69) is 70.2 Å². The Kier molecular flexibility index (Phi) is 3.57. The first kappa shape index (κ1) is 13.4. The highest BCUT2D eigenvalue weighted by Crippen LogP contribution is 2.29. The SMILES string of the molecule is c1ccc(-c2cc3cccc(NC4CCNCC4)c3[nH]2)cc1. The van der Waals surface area contributed by atoms with Crippen molar-refractivity contribution in [1.29, 1.82) is 0 Å². The van der Waals surface area contributed by atoms with Gasteiger partial charge in [0.2, 0.25) is 0 Å². The highest BCUT2D eigenvalue weighted by molar-refractivity contribution is 5.94. The Balaban J connectivity index is 1.69. The van der Waals surface area contributed by atoms with Crippen LogP contribution in [0.3, 0.4) is 0 Å². The van der Waals surface area contributed by atoms with Crippen molar-refractivity contribution in [2.75, 3.05) is 18.4 Å². The number of hydrogen-bond acceptors (Lipinski definition) is 2. The van der Waals surface area contributed by atoms with E-state index in [1.165, 1.54) is 40.7 Å². The van der Waals surface area contributed by atoms with E-state index in [1.807, 2.05) is 0 Å². The third-order valence-corrected chi connectivity index (χ3v) is 4.44. The summed E-state index contributed by atoms with van der Waals surface area (Å²) < 4.78 is 0. The highest BCUT2D eigenvalue weighted by Gasteiger charge is 2.14. The standard InChI is InChI=1S/C19H21N3/c1-2-5-14(6-3-1)18-13-15-7-4-8-17(19(15)22-18)21-16-9-11-20-12-10-16/h1-8,13,16,20-22H,9-12H2. The first-order valence-electron chi connectivity index (χ1n) is 8.04. The molecule has 22 heavy (non-hydrogen) atoms. The van der Waals surface area contributed by atoms with Crippen molar-refractivity contribution < 1.29 is 0 Å². The molecule has 0 unspecified atom stereocenters. The van der Waals surface area contributed by atoms with Crippen molar-refractivity contribution in [3.05, 3.63) is 54.6 Å². The molecule has 3 aromatic rings. The zero-order valence-electron chi connectivity index (χ0n) is 12.6. The molecule has 0 bridgehead atoms. The molecule has 1 aromatic heterocycles. The Morgan fingerprint density at radius 2 is 1.73 bits per heavy atom. The molecule has 3 N–H and O–H groups in total. The summed E-state index contributed by atoms with van der Waals surface area (Å²) in [6, 6.07) is 19.8. The second-order valence-corrected chi connectivity index (χ2v) is 5.99. The van der Waals surface area contributed by atoms with E-state index >= 15 is 0 Å². The van der Waals surface area contributed by atoms with Gasteiger partial charge in [0, 0.05) is 17.1 Å². The van der Waals surface area contributed by atoms with Crippen molar-refractivity contribution in [2.24, 2.45) is 0 Å². The van der Waals surface area contributed by atoms with Gasteiger partial charge in [0.15, 0.2) is 0 Å². The normalized spacial score (nSPS) is 16.0. The summed E-state index contributed by atoms with van der Waals surface area (Å²) in [7, 11) is 0. The first-order valence-corrected chi connectivity index (χ1v) is 8.04. The van der Waals surface area contributed by atoms with E-state index in [0.717, 1.165) is 13.1 Å². The predicted octanol–water partition coefficient (Wildman–Crippen LogP) is 4.00. The molecule has 1 aliphatic rings. The fraction of sp³-hybridized carbons (Fsp3) is 0.263. The Bertz CT molecular complexity index is 755. The van der Waals surface area contributed by atoms with Crippen LogP contribution in [0.5, 0.6) is 0 Å². The van der Waals surface area contributed by atoms with Gasteiger partial charge in [-0.15, -0.1) is 0 Å². The minimum absolute atomic E-state index is 0.565. The Morgan fingerprint density at radius 3 is 2.55 bits per heavy atom. The van der Waals surface area contributed by atoms with Crippen LogP contribution in [0.2, 0.25) is 0 Å². The molecule has 1 saturated heterocycles. The number of nitrogens with one attached hydrogen (secondary N) is 3. The van der Waals surface area contributed by atoms with Crippen LogP contribution in [0.4, 0.5) is 5.69 Å². The van der Waals surface area contributed by atoms with Gasteiger partial charge in [0.05, 0.1) is 11.2 Å². The number of piperidine rings is 1. The number of fused-ring (bicyclic) bond motifs is 1. The maximum atomic E-state index is 3.72. The smallest absolute Gasteiger partial charge is 0.0694 e. The highest BCUT2D eigenvalue weighted by atomic mass is 15.0. The number of hydrogen-bond donors (Lipinski definition) is 3. The average Bonchev–Trinajstić information content (AvgIpc) is 3.02. The fourth-order valence-electron chi connectivity index (χ4n) is 3.24. The van der Waals surface area contributed by atoms with Crippen molar-refractivity contribution in [3.8, 4) is 11.3 Å². The van der Waals surface area contributed by atoms with Crippen molar-refractivity contribution in [3.63, 3.8) is 0 Å². The zero-order valence-corrected chi connectivity index (χ0v) is 12.6. The van der Waals surface area contributed by atoms with Crippen LogP contribution in [0, 0.1) is 0 Å². The molecule has 0 aliphatic carbocycles. The number of rotatable bonds is 3. The van der Waals surface area contributed by atoms with Crippen LogP contribution < -0.4 is 10.6 Å². The summed E-state index contributed by atoms with van der Waals surface area (Å²) in [6.45, 7) is 2.21. The van der Waals surface area contributed by atoms with Gasteiger partial charge in [0.25, 0.3) is 0 Å². The predicted molar refractivity (Wildman–Crippen MR) is 93.2 cm³/mol. The van der Waals surface area contributed by atoms with Crippen molar-refractivity contribution >= 4 is 16.6 Å². The number of aromatic amines is 1. The molecule has 0 amide bonds. The largest absolute Gasteiger partial charge is 0.381 e. The summed E-state index contributed by atoms with van der Waals surface area (Å²) in [5.74, 6) is 0. The number of aromatic nitrogens is 1. The van der Waals surface area contributed by atoms with Gasteiger partial charge in [-0.1, -0.05) is 42.5 Å². The first-order chi connectivity index (χ1) is 10.9. The van der Waals surface area contributed by atoms with Gasteiger partial charge in [0.1, 0.15) is 0 Å². The van der Waals surface area contributed by atoms with Crippen molar-refractivity contribution in [1.82, 2.24) is 10.3 Å². The van der Waals surface area contributed by atoms with Gasteiger partial charge < -0.3 is 15.6 Å². The van der Waals surface area contributed by atoms with Crippen LogP contribution in [-0.2, 0) is 0 Å². The Labute approximate surface area is 130 Å². The molecule has 0 spiro atoms. The van der Waals surface area contributed by atoms with E-state index < -0.39 is 0 Å². The summed E-state index contributed by atoms with van der Waals surface area (Å²) in [6.07, 6.45) is 2.37. The number of anilines is 1. The lowest BCUT2D eigenvalue weighted by molar-refractivity contribution is 0.479. The second kappa shape index (κ2) is 5.85. The number of benzene rings is 2. The number of H-pyrrole nitrogens is 1. The average molecular weight is 291 g/mol. The lowest BCUT2D eigenvalue weighted by atomic mass is 10.1. The third-order valence-electron chi connectivity index (χ3n) is 4.44. The lowest BCUT2D eigenvalue weighted by Crippen LogP contribution is -2.35. The molecule has 0 saturated carbocycles. The Hall–Kier alpha value is -2.26. The molecule has 2 aromatic carbocycles. The van der Waals surface area contributed by atoms with Gasteiger partial charge in [-0.2, -0.15) is 0 Å². The van der Waals surface area contributed by atoms with Crippen LogP contribution in [0.1, 0.15) is 12.8 Å². The molecular weight excluding hydrogens is 270 g/mol. The van der Waals surface area contributed by atoms with E-state index in [0.29, 0.717) is 6.04 Å². The molecule has 4 rings (SSSR count). The van der Waals surface area contributed by atoms with Gasteiger partial charge in [-0.25, -0.2) is 0 Å². The van der Waals surface area contributed by atoms with Crippen LogP contribution in [-0.4, -0.2) is 24.1 Å². The maximum Gasteiger partial charge on any atom is 0.0694 e. The van der Waals surface area contributed by atoms with Gasteiger partial charge >= 0.3 is 0 Å². The van der Waals surface area contributed by atoms with Crippen LogP contribution in [0.15, 0.2) is 54.6 Å². The van der Waals surface area contributed by atoms with E-state index in [4.69, 9.17) is 0 Å². The number of para-hydroxylation sites is 1. The van der Waals surface area contributed by atoms with Crippen molar-refractivity contribution in [2.45, 2.75) is 18.9 Å². The molecule has 3 heteroatoms. The summed E-state index contributed by atoms with van der Waals surface area (Å²) in [5, 5.41) is 8.39. The molecule has 0 atom stereocenters. The maximum absolute atomic E-state index is 3.72. The van der Waals surface area contributed by atoms with Gasteiger partial charge in [-0.05, 0) is 43.6 Å². The minimum atomic E-state index is 0.565. The zero-order chi connectivity index (χ0) is 14.8. The van der Waals surface area contributed by atoms with Crippen LogP contribution >= 0.6 is 0 Å². The molecule has 112 valence electrons. The Morgan fingerprint density at radius 1 is 0.909 bits per heavy atom. The fourth-order valence-corrected chi connectivity index (χ4v) is 3.24. The minimum Gasteiger partial charge on any atom is -0.381 e. The molecule has 2 heterocycles. The summed E-state index contributed by atoms with van der Waals surface area (Å²) in [4.78, 5) is 3.59. The van der Waals surface area contributed by atoms with Crippen LogP contribution in [0.25, 0.3) is 22.2 Å². The monoisotopic (exact) mass is 291 g/mol. The van der Waals surface area contributed by atoms with E-state index in [1.54, 1.807) is 0 Å². The van der Waals surface area contributed by atoms with E-state index in [-0.39, 0.29) is 0 Å². The second-order valence-electron chi connectivity index (χ2n) is 5.99. The molecule has 1 aliphatic heterocycles. The quantitative estimate of drug-likeness (QED) is 0.682. The third kappa shape index (κ3) is 2.60. The summed E-state index contributed by atoms with van der Waals surface area (Å²) >= 11 is 0.